The molecule has 1 nitrogen and oxygen atoms in total. The first-order valence-corrected chi connectivity index (χ1v) is 18.3. The molecule has 10 rings (SSSR count). The van der Waals surface area contributed by atoms with E-state index in [1.165, 1.54) is 76.5 Å². The van der Waals surface area contributed by atoms with Gasteiger partial charge < -0.3 is 4.90 Å². The molecule has 0 saturated heterocycles. The summed E-state index contributed by atoms with van der Waals surface area (Å²) in [4.78, 5) is 2.44. The fourth-order valence-corrected chi connectivity index (χ4v) is 8.02. The van der Waals surface area contributed by atoms with Gasteiger partial charge in [0.15, 0.2) is 0 Å². The summed E-state index contributed by atoms with van der Waals surface area (Å²) in [7, 11) is 0. The molecule has 10 aromatic rings. The Labute approximate surface area is 309 Å². The van der Waals surface area contributed by atoms with Gasteiger partial charge in [-0.05, 0) is 102 Å². The molecule has 1 heteroatoms. The number of fused-ring (bicyclic) bond motifs is 6. The lowest BCUT2D eigenvalue weighted by Crippen LogP contribution is -2.12. The molecule has 0 bridgehead atoms. The number of rotatable bonds is 6. The van der Waals surface area contributed by atoms with Crippen LogP contribution in [0.25, 0.3) is 76.5 Å². The van der Waals surface area contributed by atoms with Gasteiger partial charge in [0.1, 0.15) is 0 Å². The van der Waals surface area contributed by atoms with Gasteiger partial charge in [-0.3, -0.25) is 0 Å². The van der Waals surface area contributed by atoms with Crippen LogP contribution in [0.2, 0.25) is 0 Å². The van der Waals surface area contributed by atoms with Crippen molar-refractivity contribution in [2.24, 2.45) is 0 Å². The number of hydrogen-bond donors (Lipinski definition) is 0. The van der Waals surface area contributed by atoms with Crippen molar-refractivity contribution in [1.82, 2.24) is 0 Å². The van der Waals surface area contributed by atoms with Gasteiger partial charge >= 0.3 is 0 Å². The average molecular weight is 674 g/mol. The van der Waals surface area contributed by atoms with E-state index in [0.717, 1.165) is 17.1 Å². The van der Waals surface area contributed by atoms with E-state index >= 15 is 0 Å². The smallest absolute Gasteiger partial charge is 0.0540 e. The Balaban J connectivity index is 1.16. The fraction of sp³-hybridized carbons (Fsp3) is 0. The molecule has 0 N–H and O–H groups in total. The maximum atomic E-state index is 2.44. The van der Waals surface area contributed by atoms with Gasteiger partial charge in [-0.1, -0.05) is 176 Å². The summed E-state index contributed by atoms with van der Waals surface area (Å²) in [6.07, 6.45) is 0. The topological polar surface area (TPSA) is 3.24 Å². The number of benzene rings is 10. The lowest BCUT2D eigenvalue weighted by molar-refractivity contribution is 1.28. The minimum atomic E-state index is 1.10. The van der Waals surface area contributed by atoms with Gasteiger partial charge in [-0.2, -0.15) is 0 Å². The molecule has 0 unspecified atom stereocenters. The van der Waals surface area contributed by atoms with Crippen molar-refractivity contribution in [2.45, 2.75) is 0 Å². The maximum Gasteiger partial charge on any atom is 0.0540 e. The molecular formula is C52H35N. The van der Waals surface area contributed by atoms with Crippen LogP contribution < -0.4 is 4.90 Å². The fourth-order valence-electron chi connectivity index (χ4n) is 8.02. The highest BCUT2D eigenvalue weighted by Crippen LogP contribution is 2.46. The molecule has 0 amide bonds. The summed E-state index contributed by atoms with van der Waals surface area (Å²) >= 11 is 0. The van der Waals surface area contributed by atoms with Crippen molar-refractivity contribution in [3.63, 3.8) is 0 Å². The number of nitrogens with zero attached hydrogens (tertiary/aromatic N) is 1. The second-order valence-corrected chi connectivity index (χ2v) is 13.7. The zero-order chi connectivity index (χ0) is 35.1. The lowest BCUT2D eigenvalue weighted by Gasteiger charge is -2.30. The third kappa shape index (κ3) is 5.51. The van der Waals surface area contributed by atoms with Gasteiger partial charge in [-0.15, -0.1) is 0 Å². The second-order valence-electron chi connectivity index (χ2n) is 13.7. The minimum Gasteiger partial charge on any atom is -0.309 e. The first-order chi connectivity index (χ1) is 26.3. The SMILES string of the molecule is c1ccc(-c2ccc(N(c3ccccc3-c3ccc4ccccc4c3)c3ccccc3-c3ccc4c(ccc5c6ccccc6ccc45)c3)cc2)cc1. The van der Waals surface area contributed by atoms with Crippen molar-refractivity contribution in [2.75, 3.05) is 4.90 Å². The third-order valence-corrected chi connectivity index (χ3v) is 10.6. The molecule has 0 aliphatic rings. The average Bonchev–Trinajstić information content (AvgIpc) is 3.24. The van der Waals surface area contributed by atoms with Crippen molar-refractivity contribution < 1.29 is 0 Å². The monoisotopic (exact) mass is 673 g/mol. The Morgan fingerprint density at radius 1 is 0.245 bits per heavy atom. The zero-order valence-electron chi connectivity index (χ0n) is 29.2. The van der Waals surface area contributed by atoms with Crippen LogP contribution in [0.5, 0.6) is 0 Å². The van der Waals surface area contributed by atoms with Crippen molar-refractivity contribution in [3.05, 3.63) is 212 Å². The molecular weight excluding hydrogens is 639 g/mol. The number of hydrogen-bond acceptors (Lipinski definition) is 1. The predicted octanol–water partition coefficient (Wildman–Crippen LogP) is 14.8. The van der Waals surface area contributed by atoms with Gasteiger partial charge in [0.25, 0.3) is 0 Å². The van der Waals surface area contributed by atoms with E-state index in [1.807, 2.05) is 0 Å². The normalized spacial score (nSPS) is 11.4. The van der Waals surface area contributed by atoms with Crippen LogP contribution in [-0.4, -0.2) is 0 Å². The molecule has 0 radical (unpaired) electrons. The first kappa shape index (κ1) is 30.8. The van der Waals surface area contributed by atoms with E-state index in [9.17, 15) is 0 Å². The highest BCUT2D eigenvalue weighted by molar-refractivity contribution is 6.17. The summed E-state index contributed by atoms with van der Waals surface area (Å²) < 4.78 is 0. The van der Waals surface area contributed by atoms with Crippen LogP contribution in [0.15, 0.2) is 212 Å². The van der Waals surface area contributed by atoms with Crippen LogP contribution in [0.1, 0.15) is 0 Å². The summed E-state index contributed by atoms with van der Waals surface area (Å²) in [6, 6.07) is 77.3. The maximum absolute atomic E-state index is 2.44. The molecule has 0 spiro atoms. The molecule has 0 atom stereocenters. The zero-order valence-corrected chi connectivity index (χ0v) is 29.2. The Morgan fingerprint density at radius 3 is 1.42 bits per heavy atom. The summed E-state index contributed by atoms with van der Waals surface area (Å²) in [6.45, 7) is 0. The number of para-hydroxylation sites is 2. The summed E-state index contributed by atoms with van der Waals surface area (Å²) in [5.41, 5.74) is 10.5. The molecule has 0 saturated carbocycles. The standard InChI is InChI=1S/C52H35N/c1-2-12-36(13-3-1)38-24-29-44(30-25-38)53(51-20-10-8-18-47(51)42-23-22-37-14-4-5-16-40(37)34-42)52-21-11-9-19-48(52)43-27-31-46-41(35-43)28-33-49-45-17-7-6-15-39(45)26-32-50(46)49/h1-35H. The van der Waals surface area contributed by atoms with Gasteiger partial charge in [-0.25, -0.2) is 0 Å². The first-order valence-electron chi connectivity index (χ1n) is 18.3. The quantitative estimate of drug-likeness (QED) is 0.159. The Morgan fingerprint density at radius 2 is 0.698 bits per heavy atom. The van der Waals surface area contributed by atoms with E-state index in [1.54, 1.807) is 0 Å². The molecule has 248 valence electrons. The van der Waals surface area contributed by atoms with E-state index < -0.39 is 0 Å². The van der Waals surface area contributed by atoms with Gasteiger partial charge in [0, 0.05) is 16.8 Å². The van der Waals surface area contributed by atoms with E-state index in [-0.39, 0.29) is 0 Å². The predicted molar refractivity (Wildman–Crippen MR) is 227 cm³/mol. The second kappa shape index (κ2) is 13.0. The third-order valence-electron chi connectivity index (χ3n) is 10.6. The van der Waals surface area contributed by atoms with Crippen LogP contribution in [-0.2, 0) is 0 Å². The summed E-state index contributed by atoms with van der Waals surface area (Å²) in [5, 5.41) is 10.1. The molecule has 0 aromatic heterocycles. The largest absolute Gasteiger partial charge is 0.309 e. The molecule has 0 aliphatic heterocycles. The van der Waals surface area contributed by atoms with Gasteiger partial charge in [0.05, 0.1) is 11.4 Å². The van der Waals surface area contributed by atoms with Crippen molar-refractivity contribution >= 4 is 60.2 Å². The molecule has 53 heavy (non-hydrogen) atoms. The van der Waals surface area contributed by atoms with E-state index in [0.29, 0.717) is 0 Å². The Kier molecular flexibility index (Phi) is 7.55. The van der Waals surface area contributed by atoms with Crippen molar-refractivity contribution in [3.8, 4) is 33.4 Å². The van der Waals surface area contributed by atoms with Crippen LogP contribution in [0.4, 0.5) is 17.1 Å². The van der Waals surface area contributed by atoms with E-state index in [2.05, 4.69) is 217 Å². The van der Waals surface area contributed by atoms with Crippen LogP contribution >= 0.6 is 0 Å². The molecule has 10 aromatic carbocycles. The van der Waals surface area contributed by atoms with Crippen LogP contribution in [0.3, 0.4) is 0 Å². The summed E-state index contributed by atoms with van der Waals surface area (Å²) in [5.74, 6) is 0. The van der Waals surface area contributed by atoms with Crippen molar-refractivity contribution in [1.29, 1.82) is 0 Å². The highest BCUT2D eigenvalue weighted by Gasteiger charge is 2.21. The van der Waals surface area contributed by atoms with Crippen LogP contribution in [0, 0.1) is 0 Å². The molecule has 0 fully saturated rings. The van der Waals surface area contributed by atoms with Gasteiger partial charge in [0.2, 0.25) is 0 Å². The Hall–Kier alpha value is -6.96. The minimum absolute atomic E-state index is 1.10. The lowest BCUT2D eigenvalue weighted by atomic mass is 9.93. The Bertz CT molecular complexity index is 2940. The molecule has 0 aliphatic carbocycles. The number of anilines is 3. The highest BCUT2D eigenvalue weighted by atomic mass is 15.1. The molecule has 0 heterocycles. The van der Waals surface area contributed by atoms with E-state index in [4.69, 9.17) is 0 Å².